The van der Waals surface area contributed by atoms with Crippen LogP contribution in [-0.2, 0) is 9.53 Å². The fourth-order valence-corrected chi connectivity index (χ4v) is 2.63. The molecule has 2 heteroatoms. The highest BCUT2D eigenvalue weighted by atomic mass is 16.6. The van der Waals surface area contributed by atoms with Crippen LogP contribution in [0.3, 0.4) is 0 Å². The summed E-state index contributed by atoms with van der Waals surface area (Å²) in [6.45, 7) is 9.99. The molecule has 108 valence electrons. The van der Waals surface area contributed by atoms with Gasteiger partial charge in [-0.25, -0.2) is 0 Å². The van der Waals surface area contributed by atoms with E-state index in [4.69, 9.17) is 4.74 Å². The molecule has 1 aromatic rings. The van der Waals surface area contributed by atoms with E-state index in [1.165, 1.54) is 0 Å². The van der Waals surface area contributed by atoms with Gasteiger partial charge in [0.1, 0.15) is 5.60 Å². The highest BCUT2D eigenvalue weighted by molar-refractivity contribution is 5.79. The third-order valence-electron chi connectivity index (χ3n) is 3.87. The molecular formula is C18H24O2. The first-order chi connectivity index (χ1) is 9.22. The van der Waals surface area contributed by atoms with Crippen LogP contribution in [0, 0.1) is 17.3 Å². The first kappa shape index (κ1) is 14.8. The van der Waals surface area contributed by atoms with Crippen LogP contribution in [0.1, 0.15) is 40.2 Å². The second-order valence-electron chi connectivity index (χ2n) is 7.13. The van der Waals surface area contributed by atoms with Crippen molar-refractivity contribution >= 4 is 12.0 Å². The topological polar surface area (TPSA) is 26.3 Å². The van der Waals surface area contributed by atoms with E-state index in [0.717, 1.165) is 5.56 Å². The summed E-state index contributed by atoms with van der Waals surface area (Å²) in [5.41, 5.74) is 0.745. The van der Waals surface area contributed by atoms with E-state index < -0.39 is 5.60 Å². The van der Waals surface area contributed by atoms with Gasteiger partial charge in [-0.15, -0.1) is 0 Å². The van der Waals surface area contributed by atoms with E-state index in [0.29, 0.717) is 0 Å². The van der Waals surface area contributed by atoms with Gasteiger partial charge in [0.2, 0.25) is 0 Å². The lowest BCUT2D eigenvalue weighted by atomic mass is 10.1. The summed E-state index contributed by atoms with van der Waals surface area (Å²) in [5, 5.41) is 0. The number of hydrogen-bond donors (Lipinski definition) is 0. The number of allylic oxidation sites excluding steroid dienone is 1. The Morgan fingerprint density at radius 2 is 1.80 bits per heavy atom. The predicted octanol–water partition coefficient (Wildman–Crippen LogP) is 4.31. The van der Waals surface area contributed by atoms with Crippen LogP contribution in [0.4, 0.5) is 0 Å². The molecule has 0 saturated heterocycles. The quantitative estimate of drug-likeness (QED) is 0.766. The van der Waals surface area contributed by atoms with Gasteiger partial charge in [-0.1, -0.05) is 56.3 Å². The SMILES string of the molecule is CC(C)(C)OC(=O)C1C(C=Cc2ccccc2)C1(C)C. The minimum absolute atomic E-state index is 0.00634. The van der Waals surface area contributed by atoms with Crippen molar-refractivity contribution in [3.63, 3.8) is 0 Å². The molecule has 0 bridgehead atoms. The van der Waals surface area contributed by atoms with E-state index in [2.05, 4.69) is 38.1 Å². The number of carbonyl (C=O) groups is 1. The summed E-state index contributed by atoms with van der Waals surface area (Å²) >= 11 is 0. The second kappa shape index (κ2) is 5.08. The third-order valence-corrected chi connectivity index (χ3v) is 3.87. The molecule has 0 aliphatic heterocycles. The average molecular weight is 272 g/mol. The second-order valence-corrected chi connectivity index (χ2v) is 7.13. The van der Waals surface area contributed by atoms with Crippen molar-refractivity contribution in [3.8, 4) is 0 Å². The Labute approximate surface area is 121 Å². The summed E-state index contributed by atoms with van der Waals surface area (Å²) in [4.78, 5) is 12.2. The lowest BCUT2D eigenvalue weighted by Crippen LogP contribution is -2.26. The molecule has 0 radical (unpaired) electrons. The van der Waals surface area contributed by atoms with Crippen molar-refractivity contribution in [2.24, 2.45) is 17.3 Å². The van der Waals surface area contributed by atoms with Crippen molar-refractivity contribution in [1.29, 1.82) is 0 Å². The summed E-state index contributed by atoms with van der Waals surface area (Å²) < 4.78 is 5.51. The van der Waals surface area contributed by atoms with E-state index in [1.807, 2.05) is 39.0 Å². The number of esters is 1. The number of carbonyl (C=O) groups excluding carboxylic acids is 1. The molecule has 1 saturated carbocycles. The molecule has 2 nitrogen and oxygen atoms in total. The van der Waals surface area contributed by atoms with Crippen molar-refractivity contribution in [2.75, 3.05) is 0 Å². The van der Waals surface area contributed by atoms with Crippen molar-refractivity contribution in [1.82, 2.24) is 0 Å². The van der Waals surface area contributed by atoms with Gasteiger partial charge in [0.15, 0.2) is 0 Å². The van der Waals surface area contributed by atoms with Crippen LogP contribution in [0.15, 0.2) is 36.4 Å². The maximum absolute atomic E-state index is 12.2. The molecule has 1 aromatic carbocycles. The molecule has 2 atom stereocenters. The normalized spacial score (nSPS) is 24.6. The Morgan fingerprint density at radius 1 is 1.20 bits per heavy atom. The van der Waals surface area contributed by atoms with Gasteiger partial charge in [0, 0.05) is 0 Å². The van der Waals surface area contributed by atoms with E-state index >= 15 is 0 Å². The number of benzene rings is 1. The summed E-state index contributed by atoms with van der Waals surface area (Å²) in [6, 6.07) is 10.2. The largest absolute Gasteiger partial charge is 0.460 e. The van der Waals surface area contributed by atoms with E-state index in [1.54, 1.807) is 0 Å². The minimum Gasteiger partial charge on any atom is -0.460 e. The zero-order valence-electron chi connectivity index (χ0n) is 13.0. The number of hydrogen-bond acceptors (Lipinski definition) is 2. The molecule has 2 unspecified atom stereocenters. The lowest BCUT2D eigenvalue weighted by molar-refractivity contribution is -0.157. The van der Waals surface area contributed by atoms with Gasteiger partial charge < -0.3 is 4.74 Å². The lowest BCUT2D eigenvalue weighted by Gasteiger charge is -2.19. The zero-order chi connectivity index (χ0) is 15.0. The summed E-state index contributed by atoms with van der Waals surface area (Å²) in [5.74, 6) is 0.157. The van der Waals surface area contributed by atoms with Crippen LogP contribution in [0.25, 0.3) is 6.08 Å². The average Bonchev–Trinajstić information content (AvgIpc) is 2.88. The van der Waals surface area contributed by atoms with Crippen molar-refractivity contribution in [2.45, 2.75) is 40.2 Å². The minimum atomic E-state index is -0.413. The van der Waals surface area contributed by atoms with Gasteiger partial charge >= 0.3 is 5.97 Å². The van der Waals surface area contributed by atoms with Gasteiger partial charge in [-0.2, -0.15) is 0 Å². The maximum Gasteiger partial charge on any atom is 0.310 e. The van der Waals surface area contributed by atoms with E-state index in [9.17, 15) is 4.79 Å². The van der Waals surface area contributed by atoms with Gasteiger partial charge in [0.05, 0.1) is 5.92 Å². The van der Waals surface area contributed by atoms with Crippen LogP contribution >= 0.6 is 0 Å². The molecule has 0 N–H and O–H groups in total. The highest BCUT2D eigenvalue weighted by Crippen LogP contribution is 2.59. The molecule has 0 spiro atoms. The van der Waals surface area contributed by atoms with E-state index in [-0.39, 0.29) is 23.2 Å². The predicted molar refractivity (Wildman–Crippen MR) is 82.1 cm³/mol. The van der Waals surface area contributed by atoms with Crippen molar-refractivity contribution < 1.29 is 9.53 Å². The molecule has 0 amide bonds. The molecule has 1 aliphatic rings. The van der Waals surface area contributed by atoms with Gasteiger partial charge in [-0.3, -0.25) is 4.79 Å². The molecule has 1 aliphatic carbocycles. The van der Waals surface area contributed by atoms with Crippen LogP contribution in [0.2, 0.25) is 0 Å². The Morgan fingerprint density at radius 3 is 2.35 bits per heavy atom. The Balaban J connectivity index is 2.03. The van der Waals surface area contributed by atoms with Crippen LogP contribution in [0.5, 0.6) is 0 Å². The smallest absolute Gasteiger partial charge is 0.310 e. The first-order valence-corrected chi connectivity index (χ1v) is 7.18. The number of rotatable bonds is 3. The maximum atomic E-state index is 12.2. The first-order valence-electron chi connectivity index (χ1n) is 7.18. The molecule has 1 fully saturated rings. The fraction of sp³-hybridized carbons (Fsp3) is 0.500. The van der Waals surface area contributed by atoms with Gasteiger partial charge in [0.25, 0.3) is 0 Å². The van der Waals surface area contributed by atoms with Crippen LogP contribution in [-0.4, -0.2) is 11.6 Å². The number of ether oxygens (including phenoxy) is 1. The van der Waals surface area contributed by atoms with Crippen molar-refractivity contribution in [3.05, 3.63) is 42.0 Å². The van der Waals surface area contributed by atoms with Crippen LogP contribution < -0.4 is 0 Å². The summed E-state index contributed by atoms with van der Waals surface area (Å²) in [6.07, 6.45) is 4.24. The Kier molecular flexibility index (Phi) is 3.77. The molecule has 0 aromatic heterocycles. The molecular weight excluding hydrogens is 248 g/mol. The standard InChI is InChI=1S/C18H24O2/c1-17(2,3)20-16(19)15-14(18(15,4)5)12-11-13-9-7-6-8-10-13/h6-12,14-15H,1-5H3. The third kappa shape index (κ3) is 3.30. The molecule has 2 rings (SSSR count). The monoisotopic (exact) mass is 272 g/mol. The molecule has 20 heavy (non-hydrogen) atoms. The summed E-state index contributed by atoms with van der Waals surface area (Å²) in [7, 11) is 0. The fourth-order valence-electron chi connectivity index (χ4n) is 2.63. The Bertz CT molecular complexity index is 506. The highest BCUT2D eigenvalue weighted by Gasteiger charge is 2.61. The van der Waals surface area contributed by atoms with Gasteiger partial charge in [-0.05, 0) is 37.7 Å². The Hall–Kier alpha value is -1.57. The molecule has 0 heterocycles. The zero-order valence-corrected chi connectivity index (χ0v) is 13.0.